The summed E-state index contributed by atoms with van der Waals surface area (Å²) in [4.78, 5) is 2.77. The largest absolute Gasteiger partial charge is 0.380 e. The van der Waals surface area contributed by atoms with Crippen LogP contribution >= 0.6 is 0 Å². The van der Waals surface area contributed by atoms with Crippen LogP contribution in [0.1, 0.15) is 40.0 Å². The maximum Gasteiger partial charge on any atom is 0.0622 e. The average Bonchev–Trinajstić information content (AvgIpc) is 3.00. The molecule has 0 aromatic heterocycles. The molecule has 1 aliphatic carbocycles. The Hall–Kier alpha value is -0.120. The first-order valence-corrected chi connectivity index (χ1v) is 7.11. The quantitative estimate of drug-likeness (QED) is 0.791. The van der Waals surface area contributed by atoms with Crippen LogP contribution in [0, 0.1) is 5.92 Å². The first-order valence-electron chi connectivity index (χ1n) is 7.11. The van der Waals surface area contributed by atoms with Gasteiger partial charge in [-0.15, -0.1) is 0 Å². The first kappa shape index (κ1) is 11.9. The number of ether oxygens (including phenoxy) is 1. The standard InChI is InChI=1S/C14H26N2O/c1-13(2)10-16(12-6-7-17-8-12)14(3,9-15-13)11-4-5-11/h11-12,15H,4-10H2,1-3H3. The molecule has 3 heteroatoms. The Kier molecular flexibility index (Phi) is 2.77. The summed E-state index contributed by atoms with van der Waals surface area (Å²) in [6, 6.07) is 0.655. The van der Waals surface area contributed by atoms with Crippen LogP contribution in [0.4, 0.5) is 0 Å². The van der Waals surface area contributed by atoms with Crippen LogP contribution in [0.3, 0.4) is 0 Å². The highest BCUT2D eigenvalue weighted by molar-refractivity contribution is 5.09. The fourth-order valence-corrected chi connectivity index (χ4v) is 3.58. The first-order chi connectivity index (χ1) is 8.01. The van der Waals surface area contributed by atoms with Gasteiger partial charge < -0.3 is 10.1 Å². The lowest BCUT2D eigenvalue weighted by molar-refractivity contribution is -0.0238. The monoisotopic (exact) mass is 238 g/mol. The van der Waals surface area contributed by atoms with Crippen molar-refractivity contribution in [3.8, 4) is 0 Å². The number of hydrogen-bond acceptors (Lipinski definition) is 3. The van der Waals surface area contributed by atoms with Gasteiger partial charge in [-0.05, 0) is 46.0 Å². The van der Waals surface area contributed by atoms with E-state index in [0.717, 1.165) is 32.2 Å². The van der Waals surface area contributed by atoms with Gasteiger partial charge in [-0.25, -0.2) is 0 Å². The van der Waals surface area contributed by atoms with E-state index in [1.807, 2.05) is 0 Å². The molecule has 3 fully saturated rings. The van der Waals surface area contributed by atoms with Crippen molar-refractivity contribution in [3.05, 3.63) is 0 Å². The Morgan fingerprint density at radius 1 is 1.18 bits per heavy atom. The lowest BCUT2D eigenvalue weighted by Crippen LogP contribution is -2.70. The van der Waals surface area contributed by atoms with E-state index in [1.165, 1.54) is 19.3 Å². The Morgan fingerprint density at radius 2 is 1.94 bits per heavy atom. The Labute approximate surface area is 105 Å². The zero-order valence-corrected chi connectivity index (χ0v) is 11.5. The lowest BCUT2D eigenvalue weighted by atomic mass is 9.84. The fraction of sp³-hybridized carbons (Fsp3) is 1.00. The van der Waals surface area contributed by atoms with Crippen molar-refractivity contribution in [1.82, 2.24) is 10.2 Å². The van der Waals surface area contributed by atoms with Gasteiger partial charge in [-0.3, -0.25) is 4.90 Å². The van der Waals surface area contributed by atoms with E-state index in [2.05, 4.69) is 31.0 Å². The van der Waals surface area contributed by atoms with Crippen LogP contribution in [-0.4, -0.2) is 48.3 Å². The molecule has 3 nitrogen and oxygen atoms in total. The van der Waals surface area contributed by atoms with E-state index in [0.29, 0.717) is 11.6 Å². The predicted molar refractivity (Wildman–Crippen MR) is 69.1 cm³/mol. The summed E-state index contributed by atoms with van der Waals surface area (Å²) in [6.07, 6.45) is 4.06. The number of nitrogens with zero attached hydrogens (tertiary/aromatic N) is 1. The number of piperazine rings is 1. The predicted octanol–water partition coefficient (Wildman–Crippen LogP) is 1.63. The average molecular weight is 238 g/mol. The fourth-order valence-electron chi connectivity index (χ4n) is 3.58. The highest BCUT2D eigenvalue weighted by Crippen LogP contribution is 2.46. The van der Waals surface area contributed by atoms with Gasteiger partial charge >= 0.3 is 0 Å². The van der Waals surface area contributed by atoms with Crippen molar-refractivity contribution in [1.29, 1.82) is 0 Å². The molecule has 0 bridgehead atoms. The van der Waals surface area contributed by atoms with Gasteiger partial charge in [0.15, 0.2) is 0 Å². The van der Waals surface area contributed by atoms with Gasteiger partial charge in [0.05, 0.1) is 6.61 Å². The summed E-state index contributed by atoms with van der Waals surface area (Å²) in [5.74, 6) is 0.909. The van der Waals surface area contributed by atoms with E-state index in [4.69, 9.17) is 4.74 Å². The number of rotatable bonds is 2. The van der Waals surface area contributed by atoms with E-state index in [9.17, 15) is 0 Å². The van der Waals surface area contributed by atoms with Gasteiger partial charge in [-0.2, -0.15) is 0 Å². The molecular formula is C14H26N2O. The lowest BCUT2D eigenvalue weighted by Gasteiger charge is -2.54. The summed E-state index contributed by atoms with van der Waals surface area (Å²) in [7, 11) is 0. The molecule has 0 amide bonds. The van der Waals surface area contributed by atoms with Crippen molar-refractivity contribution in [2.24, 2.45) is 5.92 Å². The molecule has 17 heavy (non-hydrogen) atoms. The molecular weight excluding hydrogens is 212 g/mol. The molecule has 1 N–H and O–H groups in total. The SMILES string of the molecule is CC1(C)CN(C2CCOC2)C(C)(C2CC2)CN1. The third-order valence-corrected chi connectivity index (χ3v) is 4.95. The molecule has 2 heterocycles. The molecule has 2 aliphatic heterocycles. The van der Waals surface area contributed by atoms with Crippen molar-refractivity contribution < 1.29 is 4.74 Å². The van der Waals surface area contributed by atoms with Crippen LogP contribution in [0.25, 0.3) is 0 Å². The second kappa shape index (κ2) is 3.94. The van der Waals surface area contributed by atoms with Gasteiger partial charge in [0.2, 0.25) is 0 Å². The highest BCUT2D eigenvalue weighted by atomic mass is 16.5. The summed E-state index contributed by atoms with van der Waals surface area (Å²) in [6.45, 7) is 11.3. The van der Waals surface area contributed by atoms with Crippen LogP contribution < -0.4 is 5.32 Å². The zero-order valence-electron chi connectivity index (χ0n) is 11.5. The van der Waals surface area contributed by atoms with Crippen LogP contribution in [0.2, 0.25) is 0 Å². The third kappa shape index (κ3) is 2.13. The molecule has 2 unspecified atom stereocenters. The summed E-state index contributed by atoms with van der Waals surface area (Å²) in [5.41, 5.74) is 0.616. The van der Waals surface area contributed by atoms with Crippen molar-refractivity contribution >= 4 is 0 Å². The summed E-state index contributed by atoms with van der Waals surface area (Å²) >= 11 is 0. The van der Waals surface area contributed by atoms with E-state index >= 15 is 0 Å². The molecule has 1 saturated carbocycles. The minimum absolute atomic E-state index is 0.247. The number of hydrogen-bond donors (Lipinski definition) is 1. The molecule has 3 rings (SSSR count). The minimum atomic E-state index is 0.247. The van der Waals surface area contributed by atoms with Crippen LogP contribution in [-0.2, 0) is 4.74 Å². The molecule has 0 spiro atoms. The highest BCUT2D eigenvalue weighted by Gasteiger charge is 2.52. The summed E-state index contributed by atoms with van der Waals surface area (Å²) < 4.78 is 5.61. The van der Waals surface area contributed by atoms with E-state index < -0.39 is 0 Å². The molecule has 3 aliphatic rings. The van der Waals surface area contributed by atoms with E-state index in [-0.39, 0.29) is 5.54 Å². The Balaban J connectivity index is 1.81. The van der Waals surface area contributed by atoms with Crippen molar-refractivity contribution in [2.45, 2.75) is 57.2 Å². The molecule has 0 radical (unpaired) electrons. The Bertz CT molecular complexity index is 295. The Morgan fingerprint density at radius 3 is 2.53 bits per heavy atom. The molecule has 2 atom stereocenters. The smallest absolute Gasteiger partial charge is 0.0622 e. The second-order valence-corrected chi connectivity index (χ2v) is 7.01. The topological polar surface area (TPSA) is 24.5 Å². The van der Waals surface area contributed by atoms with Gasteiger partial charge in [0, 0.05) is 36.8 Å². The van der Waals surface area contributed by atoms with Crippen LogP contribution in [0.15, 0.2) is 0 Å². The van der Waals surface area contributed by atoms with Gasteiger partial charge in [0.25, 0.3) is 0 Å². The molecule has 0 aromatic carbocycles. The zero-order chi connectivity index (χ0) is 12.1. The molecule has 0 aromatic rings. The minimum Gasteiger partial charge on any atom is -0.380 e. The van der Waals surface area contributed by atoms with Crippen LogP contribution in [0.5, 0.6) is 0 Å². The third-order valence-electron chi connectivity index (χ3n) is 4.95. The van der Waals surface area contributed by atoms with Crippen molar-refractivity contribution in [2.75, 3.05) is 26.3 Å². The maximum atomic E-state index is 5.61. The molecule has 2 saturated heterocycles. The van der Waals surface area contributed by atoms with Crippen molar-refractivity contribution in [3.63, 3.8) is 0 Å². The van der Waals surface area contributed by atoms with E-state index in [1.54, 1.807) is 0 Å². The molecule has 98 valence electrons. The summed E-state index contributed by atoms with van der Waals surface area (Å²) in [5, 5.41) is 3.74. The van der Waals surface area contributed by atoms with Gasteiger partial charge in [-0.1, -0.05) is 0 Å². The van der Waals surface area contributed by atoms with Gasteiger partial charge in [0.1, 0.15) is 0 Å². The maximum absolute atomic E-state index is 5.61. The second-order valence-electron chi connectivity index (χ2n) is 7.01. The number of nitrogens with one attached hydrogen (secondary N) is 1. The normalized spacial score (nSPS) is 42.9.